The Bertz CT molecular complexity index is 551. The summed E-state index contributed by atoms with van der Waals surface area (Å²) in [6, 6.07) is 6.11. The van der Waals surface area contributed by atoms with Crippen LogP contribution in [0, 0.1) is 0 Å². The second-order valence-electron chi connectivity index (χ2n) is 4.38. The normalized spacial score (nSPS) is 13.8. The molecule has 0 unspecified atom stereocenters. The summed E-state index contributed by atoms with van der Waals surface area (Å²) in [4.78, 5) is 4.37. The van der Waals surface area contributed by atoms with Gasteiger partial charge in [0.05, 0.1) is 13.2 Å². The van der Waals surface area contributed by atoms with Gasteiger partial charge in [-0.2, -0.15) is 4.98 Å². The molecule has 18 heavy (non-hydrogen) atoms. The molecule has 2 N–H and O–H groups in total. The number of nitrogens with two attached hydrogens (primary N) is 1. The quantitative estimate of drug-likeness (QED) is 0.886. The van der Waals surface area contributed by atoms with E-state index in [9.17, 15) is 0 Å². The second-order valence-corrected chi connectivity index (χ2v) is 4.38. The molecule has 0 amide bonds. The standard InChI is InChI=1S/C13H15N3O2/c14-5-1-2-12-15-13(18-16-12)9-3-4-10-7-17-8-11(10)6-9/h3-4,6H,1-2,5,7-8,14H2. The average Bonchev–Trinajstić information content (AvgIpc) is 3.04. The Kier molecular flexibility index (Phi) is 3.08. The van der Waals surface area contributed by atoms with E-state index in [-0.39, 0.29) is 0 Å². The number of fused-ring (bicyclic) bond motifs is 1. The fourth-order valence-corrected chi connectivity index (χ4v) is 2.04. The van der Waals surface area contributed by atoms with E-state index < -0.39 is 0 Å². The lowest BCUT2D eigenvalue weighted by molar-refractivity contribution is 0.134. The molecule has 0 saturated heterocycles. The number of rotatable bonds is 4. The molecule has 5 heteroatoms. The molecular formula is C13H15N3O2. The summed E-state index contributed by atoms with van der Waals surface area (Å²) >= 11 is 0. The Balaban J connectivity index is 1.83. The average molecular weight is 245 g/mol. The molecule has 2 aromatic rings. The van der Waals surface area contributed by atoms with Gasteiger partial charge in [-0.25, -0.2) is 0 Å². The number of aromatic nitrogens is 2. The molecule has 0 spiro atoms. The van der Waals surface area contributed by atoms with E-state index in [1.807, 2.05) is 6.07 Å². The number of aryl methyl sites for hydroxylation is 1. The Hall–Kier alpha value is -1.72. The van der Waals surface area contributed by atoms with Crippen LogP contribution in [0.25, 0.3) is 11.5 Å². The van der Waals surface area contributed by atoms with Crippen molar-refractivity contribution in [1.29, 1.82) is 0 Å². The maximum absolute atomic E-state index is 5.46. The van der Waals surface area contributed by atoms with Crippen LogP contribution in [-0.2, 0) is 24.4 Å². The molecule has 0 atom stereocenters. The Morgan fingerprint density at radius 3 is 3.00 bits per heavy atom. The highest BCUT2D eigenvalue weighted by atomic mass is 16.5. The molecule has 5 nitrogen and oxygen atoms in total. The van der Waals surface area contributed by atoms with E-state index >= 15 is 0 Å². The van der Waals surface area contributed by atoms with Gasteiger partial charge in [-0.15, -0.1) is 0 Å². The van der Waals surface area contributed by atoms with Crippen molar-refractivity contribution in [3.63, 3.8) is 0 Å². The van der Waals surface area contributed by atoms with Crippen molar-refractivity contribution < 1.29 is 9.26 Å². The maximum atomic E-state index is 5.46. The zero-order valence-electron chi connectivity index (χ0n) is 10.1. The van der Waals surface area contributed by atoms with Crippen molar-refractivity contribution in [2.45, 2.75) is 26.1 Å². The maximum Gasteiger partial charge on any atom is 0.257 e. The van der Waals surface area contributed by atoms with Crippen LogP contribution in [-0.4, -0.2) is 16.7 Å². The van der Waals surface area contributed by atoms with E-state index in [4.69, 9.17) is 15.0 Å². The van der Waals surface area contributed by atoms with Crippen molar-refractivity contribution in [2.75, 3.05) is 6.54 Å². The van der Waals surface area contributed by atoms with Crippen LogP contribution in [0.2, 0.25) is 0 Å². The molecule has 1 aliphatic rings. The van der Waals surface area contributed by atoms with Crippen LogP contribution in [0.5, 0.6) is 0 Å². The third kappa shape index (κ3) is 2.14. The highest BCUT2D eigenvalue weighted by Crippen LogP contribution is 2.26. The molecule has 1 aliphatic heterocycles. The Morgan fingerprint density at radius 1 is 1.22 bits per heavy atom. The van der Waals surface area contributed by atoms with Gasteiger partial charge in [-0.1, -0.05) is 11.2 Å². The van der Waals surface area contributed by atoms with Crippen LogP contribution in [0.15, 0.2) is 22.7 Å². The predicted molar refractivity (Wildman–Crippen MR) is 65.6 cm³/mol. The van der Waals surface area contributed by atoms with Crippen LogP contribution in [0.4, 0.5) is 0 Å². The van der Waals surface area contributed by atoms with E-state index in [0.29, 0.717) is 31.5 Å². The van der Waals surface area contributed by atoms with Gasteiger partial charge in [0.1, 0.15) is 0 Å². The van der Waals surface area contributed by atoms with Gasteiger partial charge in [0.2, 0.25) is 0 Å². The first-order chi connectivity index (χ1) is 8.86. The van der Waals surface area contributed by atoms with E-state index in [1.54, 1.807) is 0 Å². The van der Waals surface area contributed by atoms with Gasteiger partial charge in [-0.05, 0) is 36.2 Å². The Morgan fingerprint density at radius 2 is 2.11 bits per heavy atom. The fraction of sp³-hybridized carbons (Fsp3) is 0.385. The van der Waals surface area contributed by atoms with E-state index in [0.717, 1.165) is 18.4 Å². The lowest BCUT2D eigenvalue weighted by Crippen LogP contribution is -2.01. The van der Waals surface area contributed by atoms with Crippen LogP contribution in [0.3, 0.4) is 0 Å². The number of nitrogens with zero attached hydrogens (tertiary/aromatic N) is 2. The largest absolute Gasteiger partial charge is 0.372 e. The van der Waals surface area contributed by atoms with Crippen molar-refractivity contribution in [3.05, 3.63) is 35.2 Å². The molecule has 0 bridgehead atoms. The minimum absolute atomic E-state index is 0.566. The van der Waals surface area contributed by atoms with Gasteiger partial charge in [0, 0.05) is 12.0 Å². The van der Waals surface area contributed by atoms with Gasteiger partial charge >= 0.3 is 0 Å². The Labute approximate surface area is 105 Å². The van der Waals surface area contributed by atoms with Crippen molar-refractivity contribution >= 4 is 0 Å². The molecule has 2 heterocycles. The first-order valence-electron chi connectivity index (χ1n) is 6.09. The monoisotopic (exact) mass is 245 g/mol. The van der Waals surface area contributed by atoms with Crippen molar-refractivity contribution in [1.82, 2.24) is 10.1 Å². The van der Waals surface area contributed by atoms with Crippen molar-refractivity contribution in [2.24, 2.45) is 5.73 Å². The molecule has 3 rings (SSSR count). The molecule has 0 radical (unpaired) electrons. The fourth-order valence-electron chi connectivity index (χ4n) is 2.04. The second kappa shape index (κ2) is 4.88. The number of hydrogen-bond acceptors (Lipinski definition) is 5. The lowest BCUT2D eigenvalue weighted by atomic mass is 10.1. The molecule has 0 aliphatic carbocycles. The van der Waals surface area contributed by atoms with Gasteiger partial charge in [-0.3, -0.25) is 0 Å². The van der Waals surface area contributed by atoms with Crippen molar-refractivity contribution in [3.8, 4) is 11.5 Å². The third-order valence-corrected chi connectivity index (χ3v) is 3.04. The number of hydrogen-bond donors (Lipinski definition) is 1. The predicted octanol–water partition coefficient (Wildman–Crippen LogP) is 1.66. The number of ether oxygens (including phenoxy) is 1. The topological polar surface area (TPSA) is 74.2 Å². The summed E-state index contributed by atoms with van der Waals surface area (Å²) in [6.45, 7) is 2.00. The van der Waals surface area contributed by atoms with Crippen LogP contribution < -0.4 is 5.73 Å². The summed E-state index contributed by atoms with van der Waals surface area (Å²) in [6.07, 6.45) is 1.63. The molecule has 1 aromatic carbocycles. The highest BCUT2D eigenvalue weighted by Gasteiger charge is 2.14. The molecule has 0 saturated carbocycles. The summed E-state index contributed by atoms with van der Waals surface area (Å²) in [5.41, 5.74) is 8.85. The van der Waals surface area contributed by atoms with Gasteiger partial charge in [0.15, 0.2) is 5.82 Å². The minimum atomic E-state index is 0.566. The molecule has 0 fully saturated rings. The van der Waals surface area contributed by atoms with Crippen LogP contribution >= 0.6 is 0 Å². The van der Waals surface area contributed by atoms with E-state index in [1.165, 1.54) is 11.1 Å². The number of benzene rings is 1. The van der Waals surface area contributed by atoms with Gasteiger partial charge < -0.3 is 15.0 Å². The summed E-state index contributed by atoms with van der Waals surface area (Å²) in [7, 11) is 0. The van der Waals surface area contributed by atoms with E-state index in [2.05, 4.69) is 22.3 Å². The summed E-state index contributed by atoms with van der Waals surface area (Å²) < 4.78 is 10.6. The molecular weight excluding hydrogens is 230 g/mol. The van der Waals surface area contributed by atoms with Crippen LogP contribution in [0.1, 0.15) is 23.4 Å². The zero-order chi connectivity index (χ0) is 12.4. The molecule has 94 valence electrons. The lowest BCUT2D eigenvalue weighted by Gasteiger charge is -1.98. The third-order valence-electron chi connectivity index (χ3n) is 3.04. The van der Waals surface area contributed by atoms with Gasteiger partial charge in [0.25, 0.3) is 5.89 Å². The first-order valence-corrected chi connectivity index (χ1v) is 6.09. The zero-order valence-corrected chi connectivity index (χ0v) is 10.1. The summed E-state index contributed by atoms with van der Waals surface area (Å²) in [5.74, 6) is 1.28. The molecule has 1 aromatic heterocycles. The highest BCUT2D eigenvalue weighted by molar-refractivity contribution is 5.56. The summed E-state index contributed by atoms with van der Waals surface area (Å²) in [5, 5.41) is 3.95. The minimum Gasteiger partial charge on any atom is -0.372 e. The smallest absolute Gasteiger partial charge is 0.257 e. The first kappa shape index (κ1) is 11.4. The SMILES string of the molecule is NCCCc1noc(-c2ccc3c(c2)COC3)n1.